The molecule has 0 heterocycles. The molecule has 0 rings (SSSR count). The Hall–Kier alpha value is -1.05. The van der Waals surface area contributed by atoms with Crippen molar-refractivity contribution in [3.8, 4) is 0 Å². The maximum Gasteiger partial charge on any atom is 0.0224 e. The lowest BCUT2D eigenvalue weighted by molar-refractivity contribution is 0.862. The molecule has 0 saturated carbocycles. The van der Waals surface area contributed by atoms with Gasteiger partial charge in [0, 0.05) is 24.7 Å². The second-order valence-corrected chi connectivity index (χ2v) is 2.91. The lowest BCUT2D eigenvalue weighted by Gasteiger charge is -2.04. The zero-order valence-electron chi connectivity index (χ0n) is 9.09. The second kappa shape index (κ2) is 7.59. The third-order valence-corrected chi connectivity index (χ3v) is 1.87. The van der Waals surface area contributed by atoms with Gasteiger partial charge in [-0.25, -0.2) is 0 Å². The van der Waals surface area contributed by atoms with Crippen molar-refractivity contribution in [1.82, 2.24) is 5.32 Å². The van der Waals surface area contributed by atoms with Crippen molar-refractivity contribution < 1.29 is 0 Å². The third kappa shape index (κ3) is 6.14. The highest BCUT2D eigenvalue weighted by Crippen LogP contribution is 2.02. The van der Waals surface area contributed by atoms with E-state index in [1.807, 2.05) is 33.2 Å². The summed E-state index contributed by atoms with van der Waals surface area (Å²) in [6, 6.07) is 0. The predicted octanol–water partition coefficient (Wildman–Crippen LogP) is 2.88. The largest absolute Gasteiger partial charge is 0.392 e. The van der Waals surface area contributed by atoms with E-state index in [1.54, 1.807) is 0 Å². The highest BCUT2D eigenvalue weighted by atomic mass is 14.8. The number of aliphatic imine (C=N–C) groups is 1. The Morgan fingerprint density at radius 3 is 2.46 bits per heavy atom. The molecule has 0 radical (unpaired) electrons. The molecule has 0 fully saturated rings. The molecule has 0 aromatic carbocycles. The van der Waals surface area contributed by atoms with E-state index >= 15 is 0 Å². The van der Waals surface area contributed by atoms with Crippen LogP contribution in [0, 0.1) is 0 Å². The monoisotopic (exact) mass is 180 g/mol. The van der Waals surface area contributed by atoms with Gasteiger partial charge in [0.05, 0.1) is 0 Å². The van der Waals surface area contributed by atoms with Crippen LogP contribution in [0.5, 0.6) is 0 Å². The van der Waals surface area contributed by atoms with Crippen molar-refractivity contribution in [1.29, 1.82) is 0 Å². The van der Waals surface area contributed by atoms with Crippen LogP contribution in [-0.4, -0.2) is 12.8 Å². The minimum Gasteiger partial charge on any atom is -0.392 e. The van der Waals surface area contributed by atoms with Gasteiger partial charge in [-0.05, 0) is 33.6 Å². The van der Waals surface area contributed by atoms with Crippen molar-refractivity contribution >= 4 is 5.71 Å². The van der Waals surface area contributed by atoms with Gasteiger partial charge in [-0.15, -0.1) is 0 Å². The Labute approximate surface area is 81.5 Å². The first-order valence-corrected chi connectivity index (χ1v) is 4.72. The summed E-state index contributed by atoms with van der Waals surface area (Å²) in [7, 11) is 1.95. The quantitative estimate of drug-likeness (QED) is 0.646. The van der Waals surface area contributed by atoms with Crippen molar-refractivity contribution in [3.63, 3.8) is 0 Å². The number of hydrogen-bond donors (Lipinski definition) is 1. The maximum absolute atomic E-state index is 4.26. The SMILES string of the molecule is C/C=C\N=C(C)CC/C(=C\C)NC. The Morgan fingerprint density at radius 2 is 2.00 bits per heavy atom. The standard InChI is InChI=1S/C11H20N2/c1-5-9-13-10(3)7-8-11(6-2)12-4/h5-6,9,12H,7-8H2,1-4H3/b9-5-,11-6+,13-10?. The number of nitrogens with zero attached hydrogens (tertiary/aromatic N) is 1. The summed E-state index contributed by atoms with van der Waals surface area (Å²) in [5.41, 5.74) is 2.45. The summed E-state index contributed by atoms with van der Waals surface area (Å²) in [6.45, 7) is 6.08. The van der Waals surface area contributed by atoms with Crippen LogP contribution in [0.2, 0.25) is 0 Å². The van der Waals surface area contributed by atoms with Gasteiger partial charge in [0.1, 0.15) is 0 Å². The normalized spacial score (nSPS) is 13.8. The Bertz CT molecular complexity index is 212. The Kier molecular flexibility index (Phi) is 6.98. The zero-order valence-corrected chi connectivity index (χ0v) is 9.09. The summed E-state index contributed by atoms with van der Waals surface area (Å²) < 4.78 is 0. The molecule has 13 heavy (non-hydrogen) atoms. The summed E-state index contributed by atoms with van der Waals surface area (Å²) >= 11 is 0. The molecular formula is C11H20N2. The van der Waals surface area contributed by atoms with Crippen molar-refractivity contribution in [2.24, 2.45) is 4.99 Å². The van der Waals surface area contributed by atoms with E-state index in [2.05, 4.69) is 23.3 Å². The van der Waals surface area contributed by atoms with Gasteiger partial charge in [0.25, 0.3) is 0 Å². The van der Waals surface area contributed by atoms with Gasteiger partial charge in [-0.3, -0.25) is 4.99 Å². The van der Waals surface area contributed by atoms with E-state index in [9.17, 15) is 0 Å². The zero-order chi connectivity index (χ0) is 10.1. The van der Waals surface area contributed by atoms with Crippen LogP contribution in [0.25, 0.3) is 0 Å². The van der Waals surface area contributed by atoms with Crippen molar-refractivity contribution in [3.05, 3.63) is 24.0 Å². The lowest BCUT2D eigenvalue weighted by atomic mass is 10.2. The molecule has 2 heteroatoms. The van der Waals surface area contributed by atoms with E-state index in [4.69, 9.17) is 0 Å². The molecule has 1 N–H and O–H groups in total. The molecular weight excluding hydrogens is 160 g/mol. The Morgan fingerprint density at radius 1 is 1.31 bits per heavy atom. The highest BCUT2D eigenvalue weighted by molar-refractivity contribution is 5.82. The predicted molar refractivity (Wildman–Crippen MR) is 60.0 cm³/mol. The topological polar surface area (TPSA) is 24.4 Å². The van der Waals surface area contributed by atoms with Crippen LogP contribution >= 0.6 is 0 Å². The summed E-state index contributed by atoms with van der Waals surface area (Å²) in [4.78, 5) is 4.26. The van der Waals surface area contributed by atoms with E-state index in [1.165, 1.54) is 11.4 Å². The molecule has 2 nitrogen and oxygen atoms in total. The number of rotatable bonds is 5. The molecule has 0 aliphatic heterocycles. The van der Waals surface area contributed by atoms with Crippen molar-refractivity contribution in [2.45, 2.75) is 33.6 Å². The van der Waals surface area contributed by atoms with Gasteiger partial charge >= 0.3 is 0 Å². The van der Waals surface area contributed by atoms with E-state index in [0.717, 1.165) is 12.8 Å². The van der Waals surface area contributed by atoms with E-state index < -0.39 is 0 Å². The second-order valence-electron chi connectivity index (χ2n) is 2.91. The van der Waals surface area contributed by atoms with E-state index in [0.29, 0.717) is 0 Å². The third-order valence-electron chi connectivity index (χ3n) is 1.87. The first-order valence-electron chi connectivity index (χ1n) is 4.72. The first-order chi connectivity index (χ1) is 6.24. The van der Waals surface area contributed by atoms with Gasteiger partial charge in [0.15, 0.2) is 0 Å². The Balaban J connectivity index is 3.88. The summed E-state index contributed by atoms with van der Waals surface area (Å²) in [5.74, 6) is 0. The molecule has 0 aromatic rings. The highest BCUT2D eigenvalue weighted by Gasteiger charge is 1.94. The van der Waals surface area contributed by atoms with Crippen LogP contribution in [0.1, 0.15) is 33.6 Å². The molecule has 0 unspecified atom stereocenters. The van der Waals surface area contributed by atoms with Gasteiger partial charge < -0.3 is 5.32 Å². The molecule has 0 spiro atoms. The van der Waals surface area contributed by atoms with Crippen LogP contribution in [-0.2, 0) is 0 Å². The summed E-state index contributed by atoms with van der Waals surface area (Å²) in [5, 5.41) is 3.15. The lowest BCUT2D eigenvalue weighted by Crippen LogP contribution is -2.06. The fourth-order valence-corrected chi connectivity index (χ4v) is 0.996. The van der Waals surface area contributed by atoms with Crippen LogP contribution in [0.15, 0.2) is 29.0 Å². The van der Waals surface area contributed by atoms with Gasteiger partial charge in [-0.2, -0.15) is 0 Å². The molecule has 74 valence electrons. The molecule has 0 aliphatic rings. The minimum absolute atomic E-state index is 1.02. The molecule has 0 aromatic heterocycles. The molecule has 0 atom stereocenters. The summed E-state index contributed by atoms with van der Waals surface area (Å²) in [6.07, 6.45) is 7.94. The number of allylic oxidation sites excluding steroid dienone is 3. The average Bonchev–Trinajstić information content (AvgIpc) is 2.16. The van der Waals surface area contributed by atoms with Crippen molar-refractivity contribution in [2.75, 3.05) is 7.05 Å². The molecule has 0 amide bonds. The van der Waals surface area contributed by atoms with E-state index in [-0.39, 0.29) is 0 Å². The molecule has 0 aliphatic carbocycles. The van der Waals surface area contributed by atoms with Gasteiger partial charge in [0.2, 0.25) is 0 Å². The van der Waals surface area contributed by atoms with Gasteiger partial charge in [-0.1, -0.05) is 12.2 Å². The fraction of sp³-hybridized carbons (Fsp3) is 0.545. The minimum atomic E-state index is 1.02. The smallest absolute Gasteiger partial charge is 0.0224 e. The number of nitrogens with one attached hydrogen (secondary N) is 1. The number of hydrogen-bond acceptors (Lipinski definition) is 2. The van der Waals surface area contributed by atoms with Crippen LogP contribution in [0.4, 0.5) is 0 Å². The van der Waals surface area contributed by atoms with Crippen LogP contribution in [0.3, 0.4) is 0 Å². The maximum atomic E-state index is 4.26. The average molecular weight is 180 g/mol. The fourth-order valence-electron chi connectivity index (χ4n) is 0.996. The first kappa shape index (κ1) is 11.9. The molecule has 0 bridgehead atoms. The molecule has 0 saturated heterocycles. The van der Waals surface area contributed by atoms with Crippen LogP contribution < -0.4 is 5.32 Å².